The van der Waals surface area contributed by atoms with Gasteiger partial charge in [0.15, 0.2) is 0 Å². The van der Waals surface area contributed by atoms with Gasteiger partial charge in [0, 0.05) is 19.0 Å². The van der Waals surface area contributed by atoms with Crippen molar-refractivity contribution in [2.45, 2.75) is 19.8 Å². The summed E-state index contributed by atoms with van der Waals surface area (Å²) in [5.74, 6) is 0.893. The van der Waals surface area contributed by atoms with Crippen LogP contribution in [0.25, 0.3) is 0 Å². The van der Waals surface area contributed by atoms with Crippen LogP contribution in [0.2, 0.25) is 0 Å². The topological polar surface area (TPSA) is 38.1 Å². The molecule has 0 atom stereocenters. The van der Waals surface area contributed by atoms with E-state index in [1.807, 2.05) is 13.0 Å². The fourth-order valence-corrected chi connectivity index (χ4v) is 1.56. The minimum absolute atomic E-state index is 0. The normalized spacial score (nSPS) is 15.9. The third-order valence-electron chi connectivity index (χ3n) is 2.24. The average Bonchev–Trinajstić information content (AvgIpc) is 2.53. The fourth-order valence-electron chi connectivity index (χ4n) is 1.56. The molecule has 14 heavy (non-hydrogen) atoms. The minimum Gasteiger partial charge on any atom is -0.361 e. The summed E-state index contributed by atoms with van der Waals surface area (Å²) in [6.07, 6.45) is 4.32. The molecule has 4 heteroatoms. The van der Waals surface area contributed by atoms with Crippen molar-refractivity contribution in [3.8, 4) is 0 Å². The number of hydrogen-bond acceptors (Lipinski definition) is 3. The molecule has 0 spiro atoms. The number of rotatable bonds is 2. The molecule has 1 aliphatic rings. The van der Waals surface area contributed by atoms with E-state index < -0.39 is 0 Å². The Bertz CT molecular complexity index is 320. The highest BCUT2D eigenvalue weighted by atomic mass is 35.5. The SMILES string of the molecule is Cc1cc(CC2=CCNCC2)no1.Cl. The molecule has 78 valence electrons. The molecule has 0 aliphatic carbocycles. The Morgan fingerprint density at radius 1 is 1.57 bits per heavy atom. The Morgan fingerprint density at radius 3 is 3.00 bits per heavy atom. The summed E-state index contributed by atoms with van der Waals surface area (Å²) in [6, 6.07) is 2.00. The van der Waals surface area contributed by atoms with E-state index in [4.69, 9.17) is 4.52 Å². The lowest BCUT2D eigenvalue weighted by molar-refractivity contribution is 0.391. The summed E-state index contributed by atoms with van der Waals surface area (Å²) in [7, 11) is 0. The second kappa shape index (κ2) is 5.17. The number of nitrogens with zero attached hydrogens (tertiary/aromatic N) is 1. The molecule has 1 N–H and O–H groups in total. The number of aryl methyl sites for hydroxylation is 1. The molecule has 0 saturated heterocycles. The maximum atomic E-state index is 5.01. The molecule has 2 rings (SSSR count). The lowest BCUT2D eigenvalue weighted by Crippen LogP contribution is -2.21. The first kappa shape index (κ1) is 11.3. The summed E-state index contributed by atoms with van der Waals surface area (Å²) in [6.45, 7) is 4.00. The summed E-state index contributed by atoms with van der Waals surface area (Å²) in [5, 5.41) is 7.26. The van der Waals surface area contributed by atoms with Gasteiger partial charge in [-0.05, 0) is 19.9 Å². The number of hydrogen-bond donors (Lipinski definition) is 1. The Hall–Kier alpha value is -0.800. The Morgan fingerprint density at radius 2 is 2.43 bits per heavy atom. The standard InChI is InChI=1S/C10H14N2O.ClH/c1-8-6-10(12-13-8)7-9-2-4-11-5-3-9;/h2,6,11H,3-5,7H2,1H3;1H. The Labute approximate surface area is 90.0 Å². The first-order chi connectivity index (χ1) is 6.34. The largest absolute Gasteiger partial charge is 0.361 e. The fraction of sp³-hybridized carbons (Fsp3) is 0.500. The van der Waals surface area contributed by atoms with Crippen LogP contribution in [0, 0.1) is 6.92 Å². The lowest BCUT2D eigenvalue weighted by Gasteiger charge is -2.12. The number of halogens is 1. The van der Waals surface area contributed by atoms with Gasteiger partial charge in [0.25, 0.3) is 0 Å². The van der Waals surface area contributed by atoms with Crippen LogP contribution in [-0.2, 0) is 6.42 Å². The van der Waals surface area contributed by atoms with E-state index in [1.54, 1.807) is 0 Å². The smallest absolute Gasteiger partial charge is 0.133 e. The van der Waals surface area contributed by atoms with Crippen molar-refractivity contribution < 1.29 is 4.52 Å². The van der Waals surface area contributed by atoms with Crippen LogP contribution in [-0.4, -0.2) is 18.2 Å². The molecule has 0 bridgehead atoms. The van der Waals surface area contributed by atoms with Crippen molar-refractivity contribution in [3.05, 3.63) is 29.2 Å². The predicted octanol–water partition coefficient (Wildman–Crippen LogP) is 1.87. The van der Waals surface area contributed by atoms with Crippen LogP contribution >= 0.6 is 12.4 Å². The van der Waals surface area contributed by atoms with E-state index in [9.17, 15) is 0 Å². The molecule has 1 aromatic rings. The monoisotopic (exact) mass is 214 g/mol. The van der Waals surface area contributed by atoms with Crippen LogP contribution in [0.1, 0.15) is 17.9 Å². The Kier molecular flexibility index (Phi) is 4.17. The van der Waals surface area contributed by atoms with Gasteiger partial charge in [-0.15, -0.1) is 12.4 Å². The Balaban J connectivity index is 0.000000980. The minimum atomic E-state index is 0. The van der Waals surface area contributed by atoms with Gasteiger partial charge >= 0.3 is 0 Å². The third-order valence-corrected chi connectivity index (χ3v) is 2.24. The quantitative estimate of drug-likeness (QED) is 0.764. The summed E-state index contributed by atoms with van der Waals surface area (Å²) >= 11 is 0. The first-order valence-electron chi connectivity index (χ1n) is 4.65. The molecule has 0 unspecified atom stereocenters. The number of nitrogens with one attached hydrogen (secondary N) is 1. The summed E-state index contributed by atoms with van der Waals surface area (Å²) in [5.41, 5.74) is 2.51. The zero-order valence-electron chi connectivity index (χ0n) is 8.25. The van der Waals surface area contributed by atoms with Crippen molar-refractivity contribution in [1.82, 2.24) is 10.5 Å². The van der Waals surface area contributed by atoms with Crippen molar-refractivity contribution in [3.63, 3.8) is 0 Å². The predicted molar refractivity (Wildman–Crippen MR) is 57.8 cm³/mol. The third kappa shape index (κ3) is 2.86. The molecule has 1 aliphatic heterocycles. The second-order valence-electron chi connectivity index (χ2n) is 3.42. The average molecular weight is 215 g/mol. The molecule has 0 saturated carbocycles. The van der Waals surface area contributed by atoms with Gasteiger partial charge in [-0.3, -0.25) is 0 Å². The molecule has 2 heterocycles. The van der Waals surface area contributed by atoms with Crippen LogP contribution in [0.4, 0.5) is 0 Å². The van der Waals surface area contributed by atoms with Gasteiger partial charge in [-0.25, -0.2) is 0 Å². The van der Waals surface area contributed by atoms with Crippen molar-refractivity contribution in [1.29, 1.82) is 0 Å². The van der Waals surface area contributed by atoms with Gasteiger partial charge in [0.2, 0.25) is 0 Å². The lowest BCUT2D eigenvalue weighted by atomic mass is 10.0. The highest BCUT2D eigenvalue weighted by Gasteiger charge is 2.06. The van der Waals surface area contributed by atoms with Crippen LogP contribution < -0.4 is 5.32 Å². The first-order valence-corrected chi connectivity index (χ1v) is 4.65. The van der Waals surface area contributed by atoms with Gasteiger partial charge in [0.05, 0.1) is 5.69 Å². The number of aromatic nitrogens is 1. The molecule has 0 amide bonds. The zero-order valence-corrected chi connectivity index (χ0v) is 9.06. The van der Waals surface area contributed by atoms with E-state index in [1.165, 1.54) is 5.57 Å². The summed E-state index contributed by atoms with van der Waals surface area (Å²) < 4.78 is 5.01. The molecular weight excluding hydrogens is 200 g/mol. The molecule has 1 aromatic heterocycles. The molecule has 3 nitrogen and oxygen atoms in total. The van der Waals surface area contributed by atoms with Crippen molar-refractivity contribution >= 4 is 12.4 Å². The van der Waals surface area contributed by atoms with Gasteiger partial charge < -0.3 is 9.84 Å². The van der Waals surface area contributed by atoms with Crippen LogP contribution in [0.5, 0.6) is 0 Å². The van der Waals surface area contributed by atoms with Crippen LogP contribution in [0.15, 0.2) is 22.2 Å². The molecular formula is C10H15ClN2O. The van der Waals surface area contributed by atoms with Gasteiger partial charge in [-0.2, -0.15) is 0 Å². The maximum absolute atomic E-state index is 5.01. The molecule has 0 fully saturated rings. The van der Waals surface area contributed by atoms with Crippen molar-refractivity contribution in [2.24, 2.45) is 0 Å². The van der Waals surface area contributed by atoms with Gasteiger partial charge in [-0.1, -0.05) is 16.8 Å². The molecule has 0 aromatic carbocycles. The van der Waals surface area contributed by atoms with Gasteiger partial charge in [0.1, 0.15) is 5.76 Å². The van der Waals surface area contributed by atoms with Crippen molar-refractivity contribution in [2.75, 3.05) is 13.1 Å². The highest BCUT2D eigenvalue weighted by Crippen LogP contribution is 2.12. The summed E-state index contributed by atoms with van der Waals surface area (Å²) in [4.78, 5) is 0. The second-order valence-corrected chi connectivity index (χ2v) is 3.42. The maximum Gasteiger partial charge on any atom is 0.133 e. The van der Waals surface area contributed by atoms with E-state index in [-0.39, 0.29) is 12.4 Å². The van der Waals surface area contributed by atoms with E-state index in [0.717, 1.165) is 37.4 Å². The van der Waals surface area contributed by atoms with E-state index in [2.05, 4.69) is 16.5 Å². The van der Waals surface area contributed by atoms with E-state index >= 15 is 0 Å². The zero-order chi connectivity index (χ0) is 9.10. The highest BCUT2D eigenvalue weighted by molar-refractivity contribution is 5.85. The molecule has 0 radical (unpaired) electrons. The van der Waals surface area contributed by atoms with E-state index in [0.29, 0.717) is 0 Å². The van der Waals surface area contributed by atoms with Crippen LogP contribution in [0.3, 0.4) is 0 Å².